The van der Waals surface area contributed by atoms with Gasteiger partial charge in [-0.1, -0.05) is 46.3 Å². The molecule has 150 valence electrons. The third kappa shape index (κ3) is 4.74. The number of hydrogen-bond donors (Lipinski definition) is 0. The van der Waals surface area contributed by atoms with Crippen molar-refractivity contribution in [2.45, 2.75) is 19.4 Å². The highest BCUT2D eigenvalue weighted by molar-refractivity contribution is 9.10. The van der Waals surface area contributed by atoms with Crippen molar-refractivity contribution in [1.29, 1.82) is 0 Å². The van der Waals surface area contributed by atoms with E-state index in [2.05, 4.69) is 55.0 Å². The lowest BCUT2D eigenvalue weighted by atomic mass is 10.2. The van der Waals surface area contributed by atoms with Crippen molar-refractivity contribution in [3.63, 3.8) is 0 Å². The fourth-order valence-electron chi connectivity index (χ4n) is 3.78. The van der Waals surface area contributed by atoms with Gasteiger partial charge in [-0.3, -0.25) is 9.69 Å². The minimum atomic E-state index is -0.510. The van der Waals surface area contributed by atoms with Crippen molar-refractivity contribution in [2.75, 3.05) is 31.1 Å². The van der Waals surface area contributed by atoms with Gasteiger partial charge in [-0.05, 0) is 36.2 Å². The second kappa shape index (κ2) is 8.88. The van der Waals surface area contributed by atoms with Gasteiger partial charge in [-0.25, -0.2) is 9.69 Å². The topological polar surface area (TPSA) is 56.2 Å². The Morgan fingerprint density at radius 3 is 2.38 bits per heavy atom. The summed E-state index contributed by atoms with van der Waals surface area (Å²) in [5.74, 6) is 0.364. The first-order valence-electron chi connectivity index (χ1n) is 9.81. The van der Waals surface area contributed by atoms with Gasteiger partial charge in [0.25, 0.3) is 0 Å². The summed E-state index contributed by atoms with van der Waals surface area (Å²) in [6, 6.07) is 17.0. The van der Waals surface area contributed by atoms with Crippen LogP contribution in [0.5, 0.6) is 0 Å². The molecule has 0 saturated carbocycles. The van der Waals surface area contributed by atoms with Crippen LogP contribution < -0.4 is 4.90 Å². The number of carbonyl (C=O) groups excluding carboxylic acids is 2. The van der Waals surface area contributed by atoms with Crippen molar-refractivity contribution < 1.29 is 9.59 Å². The number of amidine groups is 1. The summed E-state index contributed by atoms with van der Waals surface area (Å²) >= 11 is 3.37. The zero-order chi connectivity index (χ0) is 20.2. The van der Waals surface area contributed by atoms with Gasteiger partial charge in [0.05, 0.1) is 12.1 Å². The van der Waals surface area contributed by atoms with Gasteiger partial charge >= 0.3 is 6.03 Å². The number of hydrogen-bond acceptors (Lipinski definition) is 4. The highest BCUT2D eigenvalue weighted by Gasteiger charge is 2.32. The van der Waals surface area contributed by atoms with Crippen molar-refractivity contribution in [3.05, 3.63) is 64.6 Å². The van der Waals surface area contributed by atoms with Gasteiger partial charge in [0.1, 0.15) is 5.84 Å². The maximum Gasteiger partial charge on any atom is 0.356 e. The quantitative estimate of drug-likeness (QED) is 0.705. The van der Waals surface area contributed by atoms with Crippen molar-refractivity contribution in [1.82, 2.24) is 9.80 Å². The molecule has 2 aliphatic rings. The van der Waals surface area contributed by atoms with E-state index < -0.39 is 6.03 Å². The van der Waals surface area contributed by atoms with Gasteiger partial charge in [-0.15, -0.1) is 0 Å². The molecule has 0 aromatic heterocycles. The summed E-state index contributed by atoms with van der Waals surface area (Å²) in [6.07, 6.45) is 1.13. The summed E-state index contributed by atoms with van der Waals surface area (Å²) in [7, 11) is 0. The first-order valence-corrected chi connectivity index (χ1v) is 10.6. The summed E-state index contributed by atoms with van der Waals surface area (Å²) in [6.45, 7) is 4.36. The van der Waals surface area contributed by atoms with E-state index in [0.29, 0.717) is 11.5 Å². The van der Waals surface area contributed by atoms with Gasteiger partial charge in [0.15, 0.2) is 0 Å². The number of aliphatic imine (C=N–C) groups is 1. The number of nitrogens with zero attached hydrogens (tertiary/aromatic N) is 4. The van der Waals surface area contributed by atoms with Crippen molar-refractivity contribution in [2.24, 2.45) is 4.99 Å². The van der Waals surface area contributed by atoms with Crippen molar-refractivity contribution >= 4 is 39.4 Å². The van der Waals surface area contributed by atoms with Crippen LogP contribution in [0.3, 0.4) is 0 Å². The predicted octanol–water partition coefficient (Wildman–Crippen LogP) is 3.91. The maximum absolute atomic E-state index is 12.7. The lowest BCUT2D eigenvalue weighted by Crippen LogP contribution is -2.46. The molecular weight excluding hydrogens is 432 g/mol. The average Bonchev–Trinajstić information content (AvgIpc) is 2.95. The normalized spacial score (nSPS) is 18.6. The number of halogens is 1. The highest BCUT2D eigenvalue weighted by Crippen LogP contribution is 2.23. The molecule has 0 aliphatic carbocycles. The third-order valence-electron chi connectivity index (χ3n) is 5.26. The Morgan fingerprint density at radius 1 is 0.897 bits per heavy atom. The van der Waals surface area contributed by atoms with Crippen LogP contribution in [0.15, 0.2) is 64.1 Å². The molecule has 29 heavy (non-hydrogen) atoms. The zero-order valence-electron chi connectivity index (χ0n) is 16.1. The number of urea groups is 1. The molecule has 0 spiro atoms. The number of rotatable bonds is 3. The molecule has 1 fully saturated rings. The largest absolute Gasteiger partial charge is 0.358 e. The summed E-state index contributed by atoms with van der Waals surface area (Å²) in [5.41, 5.74) is 1.85. The number of amides is 3. The highest BCUT2D eigenvalue weighted by atomic mass is 79.9. The molecule has 0 unspecified atom stereocenters. The molecule has 0 atom stereocenters. The van der Waals surface area contributed by atoms with Gasteiger partial charge in [0.2, 0.25) is 5.91 Å². The van der Waals surface area contributed by atoms with Gasteiger partial charge < -0.3 is 4.90 Å². The number of anilines is 1. The monoisotopic (exact) mass is 454 g/mol. The summed E-state index contributed by atoms with van der Waals surface area (Å²) < 4.78 is 0.895. The van der Waals surface area contributed by atoms with E-state index in [-0.39, 0.29) is 12.3 Å². The summed E-state index contributed by atoms with van der Waals surface area (Å²) in [5, 5.41) is 0. The van der Waals surface area contributed by atoms with Crippen molar-refractivity contribution in [3.8, 4) is 0 Å². The predicted molar refractivity (Wildman–Crippen MR) is 117 cm³/mol. The second-order valence-corrected chi connectivity index (χ2v) is 8.21. The minimum absolute atomic E-state index is 0.153. The molecular formula is C22H23BrN4O2. The van der Waals surface area contributed by atoms with E-state index in [1.54, 1.807) is 12.1 Å². The number of imide groups is 1. The van der Waals surface area contributed by atoms with Crippen LogP contribution in [0.2, 0.25) is 0 Å². The van der Waals surface area contributed by atoms with E-state index >= 15 is 0 Å². The van der Waals surface area contributed by atoms with Gasteiger partial charge in [0, 0.05) is 37.2 Å². The molecule has 3 amide bonds. The molecule has 1 saturated heterocycles. The first-order chi connectivity index (χ1) is 14.1. The molecule has 0 radical (unpaired) electrons. The number of benzene rings is 2. The first kappa shape index (κ1) is 19.8. The lowest BCUT2D eigenvalue weighted by Gasteiger charge is -2.30. The van der Waals surface area contributed by atoms with Crippen LogP contribution >= 0.6 is 15.9 Å². The Labute approximate surface area is 178 Å². The van der Waals surface area contributed by atoms with E-state index in [1.807, 2.05) is 18.2 Å². The van der Waals surface area contributed by atoms with Gasteiger partial charge in [-0.2, -0.15) is 4.99 Å². The molecule has 6 nitrogen and oxygen atoms in total. The molecule has 2 aliphatic heterocycles. The Morgan fingerprint density at radius 2 is 1.66 bits per heavy atom. The summed E-state index contributed by atoms with van der Waals surface area (Å²) in [4.78, 5) is 35.3. The lowest BCUT2D eigenvalue weighted by molar-refractivity contribution is -0.117. The fraction of sp³-hybridized carbons (Fsp3) is 0.318. The molecule has 2 aromatic rings. The maximum atomic E-state index is 12.7. The van der Waals surface area contributed by atoms with Crippen LogP contribution in [0.1, 0.15) is 18.4 Å². The molecule has 0 bridgehead atoms. The Kier molecular flexibility index (Phi) is 6.06. The molecule has 7 heteroatoms. The Balaban J connectivity index is 1.42. The second-order valence-electron chi connectivity index (χ2n) is 7.30. The fourth-order valence-corrected chi connectivity index (χ4v) is 4.04. The average molecular weight is 455 g/mol. The molecule has 4 rings (SSSR count). The zero-order valence-corrected chi connectivity index (χ0v) is 17.7. The minimum Gasteiger partial charge on any atom is -0.358 e. The number of carbonyl (C=O) groups is 2. The van der Waals surface area contributed by atoms with Crippen LogP contribution in [0.4, 0.5) is 10.5 Å². The van der Waals surface area contributed by atoms with Crippen LogP contribution in [0, 0.1) is 0 Å². The van der Waals surface area contributed by atoms with Crippen LogP contribution in [-0.4, -0.2) is 53.8 Å². The SMILES string of the molecule is O=C1CC(N2CCCN(Cc3ccccc3)CC2)=NC(=O)N1c1ccc(Br)cc1. The van der Waals surface area contributed by atoms with E-state index in [9.17, 15) is 9.59 Å². The molecule has 0 N–H and O–H groups in total. The van der Waals surface area contributed by atoms with E-state index in [0.717, 1.165) is 48.5 Å². The van der Waals surface area contributed by atoms with Crippen LogP contribution in [0.25, 0.3) is 0 Å². The smallest absolute Gasteiger partial charge is 0.356 e. The third-order valence-corrected chi connectivity index (χ3v) is 5.79. The van der Waals surface area contributed by atoms with E-state index in [4.69, 9.17) is 0 Å². The molecule has 2 aromatic carbocycles. The standard InChI is InChI=1S/C22H23BrN4O2/c23-18-7-9-19(10-8-18)27-21(28)15-20(24-22(27)29)26-12-4-11-25(13-14-26)16-17-5-2-1-3-6-17/h1-3,5-10H,4,11-16H2. The Bertz CT molecular complexity index is 914. The Hall–Kier alpha value is -2.51. The van der Waals surface area contributed by atoms with Crippen LogP contribution in [-0.2, 0) is 11.3 Å². The van der Waals surface area contributed by atoms with E-state index in [1.165, 1.54) is 5.56 Å². The molecule has 2 heterocycles.